The Kier molecular flexibility index (Phi) is 4.92. The van der Waals surface area contributed by atoms with Crippen LogP contribution in [0.25, 0.3) is 0 Å². The summed E-state index contributed by atoms with van der Waals surface area (Å²) in [5.74, 6) is 0.496. The highest BCUT2D eigenvalue weighted by Gasteiger charge is 2.19. The van der Waals surface area contributed by atoms with Crippen LogP contribution in [0, 0.1) is 0 Å². The molecule has 1 unspecified atom stereocenters. The van der Waals surface area contributed by atoms with E-state index in [0.29, 0.717) is 12.4 Å². The molecule has 5 heteroatoms. The van der Waals surface area contributed by atoms with E-state index in [9.17, 15) is 4.79 Å². The summed E-state index contributed by atoms with van der Waals surface area (Å²) < 4.78 is 16.2. The Labute approximate surface area is 117 Å². The third-order valence-corrected chi connectivity index (χ3v) is 2.82. The van der Waals surface area contributed by atoms with Gasteiger partial charge >= 0.3 is 0 Å². The topological polar surface area (TPSA) is 60.7 Å². The first-order valence-corrected chi connectivity index (χ1v) is 6.24. The number of rotatable bonds is 6. The molecule has 0 amide bonds. The van der Waals surface area contributed by atoms with Gasteiger partial charge in [0.15, 0.2) is 12.0 Å². The van der Waals surface area contributed by atoms with Crippen molar-refractivity contribution in [2.75, 3.05) is 14.2 Å². The first kappa shape index (κ1) is 14.3. The highest BCUT2D eigenvalue weighted by molar-refractivity contribution is 5.27. The van der Waals surface area contributed by atoms with Crippen molar-refractivity contribution in [1.82, 2.24) is 5.32 Å². The van der Waals surface area contributed by atoms with Gasteiger partial charge in [-0.3, -0.25) is 10.1 Å². The fourth-order valence-corrected chi connectivity index (χ4v) is 1.83. The maximum atomic E-state index is 11.9. The van der Waals surface area contributed by atoms with Crippen molar-refractivity contribution in [1.29, 1.82) is 0 Å². The van der Waals surface area contributed by atoms with Crippen molar-refractivity contribution in [2.24, 2.45) is 0 Å². The molecule has 106 valence electrons. The maximum Gasteiger partial charge on any atom is 0.227 e. The minimum atomic E-state index is -0.533. The predicted molar refractivity (Wildman–Crippen MR) is 74.6 cm³/mol. The quantitative estimate of drug-likeness (QED) is 0.818. The van der Waals surface area contributed by atoms with Crippen LogP contribution in [0.2, 0.25) is 0 Å². The Morgan fingerprint density at radius 2 is 2.00 bits per heavy atom. The second kappa shape index (κ2) is 6.88. The van der Waals surface area contributed by atoms with E-state index in [1.165, 1.54) is 19.4 Å². The van der Waals surface area contributed by atoms with Crippen LogP contribution in [-0.2, 0) is 11.3 Å². The van der Waals surface area contributed by atoms with E-state index in [4.69, 9.17) is 13.9 Å². The Morgan fingerprint density at radius 3 is 2.65 bits per heavy atom. The Hall–Kier alpha value is -2.11. The molecule has 0 aliphatic carbocycles. The van der Waals surface area contributed by atoms with Gasteiger partial charge in [-0.25, -0.2) is 0 Å². The van der Waals surface area contributed by atoms with Gasteiger partial charge in [0.25, 0.3) is 0 Å². The highest BCUT2D eigenvalue weighted by atomic mass is 16.5. The number of hydrogen-bond acceptors (Lipinski definition) is 5. The zero-order valence-electron chi connectivity index (χ0n) is 11.5. The summed E-state index contributed by atoms with van der Waals surface area (Å²) in [6.45, 7) is 0.294. The van der Waals surface area contributed by atoms with Crippen LogP contribution in [0.1, 0.15) is 17.6 Å². The lowest BCUT2D eigenvalue weighted by atomic mass is 10.2. The van der Waals surface area contributed by atoms with Gasteiger partial charge in [-0.1, -0.05) is 30.3 Å². The Morgan fingerprint density at radius 1 is 1.25 bits per heavy atom. The molecule has 20 heavy (non-hydrogen) atoms. The van der Waals surface area contributed by atoms with Gasteiger partial charge in [-0.05, 0) is 12.6 Å². The molecule has 0 bridgehead atoms. The van der Waals surface area contributed by atoms with Gasteiger partial charge in [0, 0.05) is 13.2 Å². The first-order chi connectivity index (χ1) is 9.76. The molecule has 0 radical (unpaired) electrons. The van der Waals surface area contributed by atoms with E-state index in [0.717, 1.165) is 5.56 Å². The Bertz CT molecular complexity index is 590. The zero-order chi connectivity index (χ0) is 14.4. The monoisotopic (exact) mass is 275 g/mol. The van der Waals surface area contributed by atoms with Crippen LogP contribution in [0.3, 0.4) is 0 Å². The van der Waals surface area contributed by atoms with Gasteiger partial charge in [0.1, 0.15) is 6.61 Å². The largest absolute Gasteiger partial charge is 0.482 e. The first-order valence-electron chi connectivity index (χ1n) is 6.24. The molecular formula is C15H17NO4. The molecule has 0 fully saturated rings. The molecule has 1 aromatic heterocycles. The van der Waals surface area contributed by atoms with E-state index in [-0.39, 0.29) is 11.2 Å². The average molecular weight is 275 g/mol. The smallest absolute Gasteiger partial charge is 0.227 e. The average Bonchev–Trinajstić information content (AvgIpc) is 2.49. The summed E-state index contributed by atoms with van der Waals surface area (Å²) in [7, 11) is 3.23. The summed E-state index contributed by atoms with van der Waals surface area (Å²) in [4.78, 5) is 11.9. The fraction of sp³-hybridized carbons (Fsp3) is 0.267. The number of ether oxygens (including phenoxy) is 2. The summed E-state index contributed by atoms with van der Waals surface area (Å²) in [6.07, 6.45) is 0.797. The molecule has 0 aliphatic heterocycles. The normalized spacial score (nSPS) is 12.1. The molecule has 0 spiro atoms. The van der Waals surface area contributed by atoms with Crippen molar-refractivity contribution >= 4 is 0 Å². The summed E-state index contributed by atoms with van der Waals surface area (Å²) in [5.41, 5.74) is 0.736. The molecule has 1 aromatic carbocycles. The fourth-order valence-electron chi connectivity index (χ4n) is 1.83. The van der Waals surface area contributed by atoms with Crippen LogP contribution in [0.15, 0.2) is 51.9 Å². The molecule has 0 saturated carbocycles. The Balaban J connectivity index is 2.24. The molecule has 5 nitrogen and oxygen atoms in total. The number of methoxy groups -OCH3 is 1. The van der Waals surface area contributed by atoms with Gasteiger partial charge < -0.3 is 13.9 Å². The van der Waals surface area contributed by atoms with Crippen LogP contribution >= 0.6 is 0 Å². The van der Waals surface area contributed by atoms with Crippen molar-refractivity contribution < 1.29 is 13.9 Å². The van der Waals surface area contributed by atoms with E-state index >= 15 is 0 Å². The summed E-state index contributed by atoms with van der Waals surface area (Å²) in [5, 5.41) is 2.90. The third kappa shape index (κ3) is 3.26. The SMILES string of the molecule is CNC(OC)c1occc(=O)c1OCc1ccccc1. The van der Waals surface area contributed by atoms with E-state index in [1.807, 2.05) is 30.3 Å². The van der Waals surface area contributed by atoms with Crippen molar-refractivity contribution in [2.45, 2.75) is 12.8 Å². The molecule has 1 N–H and O–H groups in total. The summed E-state index contributed by atoms with van der Waals surface area (Å²) in [6, 6.07) is 10.9. The lowest BCUT2D eigenvalue weighted by molar-refractivity contribution is 0.0559. The molecule has 2 aromatic rings. The molecule has 1 atom stereocenters. The highest BCUT2D eigenvalue weighted by Crippen LogP contribution is 2.22. The minimum Gasteiger partial charge on any atom is -0.482 e. The lowest BCUT2D eigenvalue weighted by Crippen LogP contribution is -2.21. The molecule has 2 rings (SSSR count). The van der Waals surface area contributed by atoms with Crippen LogP contribution in [0.4, 0.5) is 0 Å². The second-order valence-electron chi connectivity index (χ2n) is 4.16. The predicted octanol–water partition coefficient (Wildman–Crippen LogP) is 2.08. The van der Waals surface area contributed by atoms with Crippen molar-refractivity contribution in [3.8, 4) is 5.75 Å². The summed E-state index contributed by atoms with van der Waals surface area (Å²) >= 11 is 0. The van der Waals surface area contributed by atoms with Gasteiger partial charge in [0.2, 0.25) is 11.2 Å². The van der Waals surface area contributed by atoms with Crippen molar-refractivity contribution in [3.05, 3.63) is 64.2 Å². The van der Waals surface area contributed by atoms with E-state index in [1.54, 1.807) is 7.05 Å². The molecule has 0 aliphatic rings. The van der Waals surface area contributed by atoms with Gasteiger partial charge in [-0.15, -0.1) is 0 Å². The molecule has 0 saturated heterocycles. The number of nitrogens with one attached hydrogen (secondary N) is 1. The van der Waals surface area contributed by atoms with Crippen LogP contribution in [0.5, 0.6) is 5.75 Å². The van der Waals surface area contributed by atoms with Gasteiger partial charge in [-0.2, -0.15) is 0 Å². The third-order valence-electron chi connectivity index (χ3n) is 2.82. The van der Waals surface area contributed by atoms with Gasteiger partial charge in [0.05, 0.1) is 6.26 Å². The van der Waals surface area contributed by atoms with Crippen LogP contribution in [-0.4, -0.2) is 14.2 Å². The molecular weight excluding hydrogens is 258 g/mol. The number of hydrogen-bond donors (Lipinski definition) is 1. The maximum absolute atomic E-state index is 11.9. The zero-order valence-corrected chi connectivity index (χ0v) is 11.5. The van der Waals surface area contributed by atoms with E-state index < -0.39 is 6.23 Å². The molecule has 1 heterocycles. The van der Waals surface area contributed by atoms with Crippen LogP contribution < -0.4 is 15.5 Å². The second-order valence-corrected chi connectivity index (χ2v) is 4.16. The van der Waals surface area contributed by atoms with Crippen molar-refractivity contribution in [3.63, 3.8) is 0 Å². The standard InChI is InChI=1S/C15H17NO4/c1-16-15(18-2)14-13(12(17)8-9-19-14)20-10-11-6-4-3-5-7-11/h3-9,15-16H,10H2,1-2H3. The minimum absolute atomic E-state index is 0.164. The lowest BCUT2D eigenvalue weighted by Gasteiger charge is -2.16. The number of benzene rings is 1. The van der Waals surface area contributed by atoms with E-state index in [2.05, 4.69) is 5.32 Å².